The fraction of sp³-hybridized carbons (Fsp3) is 0.438. The second-order valence-electron chi connectivity index (χ2n) is 5.07. The van der Waals surface area contributed by atoms with Crippen molar-refractivity contribution in [1.29, 1.82) is 0 Å². The first kappa shape index (κ1) is 14.2. The predicted octanol–water partition coefficient (Wildman–Crippen LogP) is 4.68. The van der Waals surface area contributed by atoms with E-state index in [1.807, 2.05) is 24.2 Å². The van der Waals surface area contributed by atoms with Gasteiger partial charge in [0, 0.05) is 24.2 Å². The lowest BCUT2D eigenvalue weighted by molar-refractivity contribution is 0.679. The maximum Gasteiger partial charge on any atom is 0.168 e. The van der Waals surface area contributed by atoms with Gasteiger partial charge < -0.3 is 4.57 Å². The van der Waals surface area contributed by atoms with Crippen LogP contribution >= 0.6 is 11.8 Å². The number of rotatable bonds is 4. The number of nitrogens with zero attached hydrogens (tertiary/aromatic N) is 2. The van der Waals surface area contributed by atoms with Crippen LogP contribution in [0.2, 0.25) is 0 Å². The van der Waals surface area contributed by atoms with Crippen LogP contribution in [-0.4, -0.2) is 9.55 Å². The third-order valence-corrected chi connectivity index (χ3v) is 4.58. The minimum Gasteiger partial charge on any atom is -0.326 e. The number of imidazole rings is 1. The summed E-state index contributed by atoms with van der Waals surface area (Å²) in [6.45, 7) is 12.0. The largest absolute Gasteiger partial charge is 0.326 e. The molecule has 1 atom stereocenters. The lowest BCUT2D eigenvalue weighted by atomic mass is 9.98. The molecule has 1 heterocycles. The van der Waals surface area contributed by atoms with Gasteiger partial charge in [-0.2, -0.15) is 0 Å². The predicted molar refractivity (Wildman–Crippen MR) is 82.8 cm³/mol. The van der Waals surface area contributed by atoms with E-state index in [0.717, 1.165) is 11.7 Å². The first-order valence-electron chi connectivity index (χ1n) is 6.78. The van der Waals surface area contributed by atoms with Crippen LogP contribution in [0.1, 0.15) is 41.4 Å². The van der Waals surface area contributed by atoms with E-state index in [-0.39, 0.29) is 0 Å². The molecule has 0 aliphatic heterocycles. The van der Waals surface area contributed by atoms with Gasteiger partial charge in [-0.15, -0.1) is 0 Å². The van der Waals surface area contributed by atoms with E-state index in [4.69, 9.17) is 0 Å². The molecule has 0 aliphatic carbocycles. The average Bonchev–Trinajstić information content (AvgIpc) is 2.74. The Bertz CT molecular complexity index is 549. The molecular weight excluding hydrogens is 252 g/mol. The zero-order valence-corrected chi connectivity index (χ0v) is 13.2. The number of benzene rings is 1. The van der Waals surface area contributed by atoms with Crippen molar-refractivity contribution >= 4 is 11.8 Å². The normalized spacial score (nSPS) is 12.7. The lowest BCUT2D eigenvalue weighted by Gasteiger charge is -2.18. The fourth-order valence-electron chi connectivity index (χ4n) is 2.70. The maximum absolute atomic E-state index is 4.46. The van der Waals surface area contributed by atoms with Gasteiger partial charge in [0.25, 0.3) is 0 Å². The molecule has 0 amide bonds. The van der Waals surface area contributed by atoms with Crippen LogP contribution in [0.15, 0.2) is 29.7 Å². The molecule has 1 aromatic heterocycles. The average molecular weight is 274 g/mol. The van der Waals surface area contributed by atoms with Gasteiger partial charge in [0.05, 0.1) is 0 Å². The van der Waals surface area contributed by atoms with Crippen LogP contribution in [0.3, 0.4) is 0 Å². The molecule has 1 unspecified atom stereocenters. The zero-order chi connectivity index (χ0) is 14.0. The van der Waals surface area contributed by atoms with Crippen LogP contribution in [0.4, 0.5) is 0 Å². The molecule has 19 heavy (non-hydrogen) atoms. The topological polar surface area (TPSA) is 17.8 Å². The Kier molecular flexibility index (Phi) is 4.35. The highest BCUT2D eigenvalue weighted by Crippen LogP contribution is 2.37. The van der Waals surface area contributed by atoms with E-state index >= 15 is 0 Å². The Morgan fingerprint density at radius 3 is 2.42 bits per heavy atom. The Balaban J connectivity index is 2.28. The standard InChI is InChI=1S/C16H22N2S/c1-6-18-8-7-17-16(18)19-14(5)15-12(3)9-11(2)10-13(15)4/h7-10,14H,6H2,1-5H3. The summed E-state index contributed by atoms with van der Waals surface area (Å²) in [6.07, 6.45) is 3.93. The van der Waals surface area contributed by atoms with Gasteiger partial charge in [-0.25, -0.2) is 4.98 Å². The summed E-state index contributed by atoms with van der Waals surface area (Å²) in [5, 5.41) is 1.53. The van der Waals surface area contributed by atoms with Crippen molar-refractivity contribution in [3.05, 3.63) is 46.8 Å². The van der Waals surface area contributed by atoms with Crippen molar-refractivity contribution in [2.24, 2.45) is 0 Å². The van der Waals surface area contributed by atoms with Crippen molar-refractivity contribution in [2.75, 3.05) is 0 Å². The highest BCUT2D eigenvalue weighted by molar-refractivity contribution is 7.99. The van der Waals surface area contributed by atoms with Crippen molar-refractivity contribution in [2.45, 2.75) is 51.6 Å². The molecular formula is C16H22N2S. The fourth-order valence-corrected chi connectivity index (χ4v) is 3.96. The quantitative estimate of drug-likeness (QED) is 0.753. The third kappa shape index (κ3) is 3.03. The summed E-state index contributed by atoms with van der Waals surface area (Å²) in [5.41, 5.74) is 5.55. The van der Waals surface area contributed by atoms with Gasteiger partial charge in [0.2, 0.25) is 0 Å². The molecule has 1 aromatic carbocycles. The van der Waals surface area contributed by atoms with Crippen LogP contribution in [0.5, 0.6) is 0 Å². The third-order valence-electron chi connectivity index (χ3n) is 3.44. The SMILES string of the molecule is CCn1ccnc1SC(C)c1c(C)cc(C)cc1C. The summed E-state index contributed by atoms with van der Waals surface area (Å²) < 4.78 is 2.19. The molecule has 0 radical (unpaired) electrons. The maximum atomic E-state index is 4.46. The molecule has 2 aromatic rings. The molecule has 0 N–H and O–H groups in total. The first-order valence-corrected chi connectivity index (χ1v) is 7.66. The van der Waals surface area contributed by atoms with Crippen molar-refractivity contribution in [1.82, 2.24) is 9.55 Å². The molecule has 2 rings (SSSR count). The van der Waals surface area contributed by atoms with Crippen LogP contribution in [-0.2, 0) is 6.54 Å². The van der Waals surface area contributed by atoms with E-state index in [1.165, 1.54) is 22.3 Å². The van der Waals surface area contributed by atoms with Crippen LogP contribution < -0.4 is 0 Å². The summed E-state index contributed by atoms with van der Waals surface area (Å²) in [4.78, 5) is 4.46. The summed E-state index contributed by atoms with van der Waals surface area (Å²) >= 11 is 1.84. The second-order valence-corrected chi connectivity index (χ2v) is 6.38. The van der Waals surface area contributed by atoms with Gasteiger partial charge in [-0.1, -0.05) is 29.5 Å². The van der Waals surface area contributed by atoms with Crippen molar-refractivity contribution in [3.8, 4) is 0 Å². The van der Waals surface area contributed by atoms with Gasteiger partial charge in [0.1, 0.15) is 0 Å². The van der Waals surface area contributed by atoms with E-state index in [9.17, 15) is 0 Å². The molecule has 2 nitrogen and oxygen atoms in total. The Hall–Kier alpha value is -1.22. The molecule has 0 saturated heterocycles. The zero-order valence-electron chi connectivity index (χ0n) is 12.4. The van der Waals surface area contributed by atoms with E-state index in [2.05, 4.69) is 56.3 Å². The Morgan fingerprint density at radius 1 is 1.21 bits per heavy atom. The summed E-state index contributed by atoms with van der Waals surface area (Å²) in [5.74, 6) is 0. The van der Waals surface area contributed by atoms with Gasteiger partial charge in [0.15, 0.2) is 5.16 Å². The monoisotopic (exact) mass is 274 g/mol. The molecule has 0 spiro atoms. The van der Waals surface area contributed by atoms with Crippen LogP contribution in [0, 0.1) is 20.8 Å². The minimum absolute atomic E-state index is 0.424. The van der Waals surface area contributed by atoms with Crippen molar-refractivity contribution in [3.63, 3.8) is 0 Å². The smallest absolute Gasteiger partial charge is 0.168 e. The lowest BCUT2D eigenvalue weighted by Crippen LogP contribution is -2.01. The summed E-state index contributed by atoms with van der Waals surface area (Å²) in [7, 11) is 0. The number of aromatic nitrogens is 2. The van der Waals surface area contributed by atoms with Gasteiger partial charge >= 0.3 is 0 Å². The first-order chi connectivity index (χ1) is 9.02. The van der Waals surface area contributed by atoms with Crippen molar-refractivity contribution < 1.29 is 0 Å². The number of hydrogen-bond donors (Lipinski definition) is 0. The van der Waals surface area contributed by atoms with Gasteiger partial charge in [-0.05, 0) is 51.3 Å². The van der Waals surface area contributed by atoms with E-state index in [0.29, 0.717) is 5.25 Å². The number of hydrogen-bond acceptors (Lipinski definition) is 2. The molecule has 3 heteroatoms. The molecule has 0 aliphatic rings. The Morgan fingerprint density at radius 2 is 1.84 bits per heavy atom. The Labute approximate surface area is 120 Å². The molecule has 102 valence electrons. The highest BCUT2D eigenvalue weighted by atomic mass is 32.2. The minimum atomic E-state index is 0.424. The number of aryl methyl sites for hydroxylation is 4. The van der Waals surface area contributed by atoms with E-state index < -0.39 is 0 Å². The van der Waals surface area contributed by atoms with Gasteiger partial charge in [-0.3, -0.25) is 0 Å². The summed E-state index contributed by atoms with van der Waals surface area (Å²) in [6, 6.07) is 4.54. The molecule has 0 bridgehead atoms. The van der Waals surface area contributed by atoms with E-state index in [1.54, 1.807) is 0 Å². The second kappa shape index (κ2) is 5.83. The molecule has 0 saturated carbocycles. The number of thioether (sulfide) groups is 1. The van der Waals surface area contributed by atoms with Crippen LogP contribution in [0.25, 0.3) is 0 Å². The molecule has 0 fully saturated rings. The highest BCUT2D eigenvalue weighted by Gasteiger charge is 2.15.